The highest BCUT2D eigenvalue weighted by Crippen LogP contribution is 2.37. The summed E-state index contributed by atoms with van der Waals surface area (Å²) in [5.74, 6) is -0.790. The van der Waals surface area contributed by atoms with E-state index in [1.165, 1.54) is 11.1 Å². The Morgan fingerprint density at radius 1 is 1.04 bits per heavy atom. The smallest absolute Gasteiger partial charge is 0.267 e. The Kier molecular flexibility index (Phi) is 5.68. The van der Waals surface area contributed by atoms with E-state index in [1.54, 1.807) is 35.6 Å². The molecule has 1 aliphatic rings. The third-order valence-corrected chi connectivity index (χ3v) is 5.79. The van der Waals surface area contributed by atoms with E-state index in [9.17, 15) is 9.59 Å². The van der Waals surface area contributed by atoms with E-state index in [2.05, 4.69) is 11.2 Å². The molecule has 3 rings (SSSR count). The summed E-state index contributed by atoms with van der Waals surface area (Å²) >= 11 is 7.57. The first-order valence-corrected chi connectivity index (χ1v) is 10.0. The highest BCUT2D eigenvalue weighted by Gasteiger charge is 2.41. The van der Waals surface area contributed by atoms with Crippen LogP contribution >= 0.6 is 22.9 Å². The van der Waals surface area contributed by atoms with Crippen molar-refractivity contribution in [3.63, 3.8) is 0 Å². The van der Waals surface area contributed by atoms with Crippen LogP contribution in [0.15, 0.2) is 52.2 Å². The van der Waals surface area contributed by atoms with Gasteiger partial charge in [0.05, 0.1) is 17.4 Å². The van der Waals surface area contributed by atoms with Crippen molar-refractivity contribution in [1.82, 2.24) is 5.01 Å². The van der Waals surface area contributed by atoms with Gasteiger partial charge in [0.2, 0.25) is 0 Å². The van der Waals surface area contributed by atoms with Crippen LogP contribution in [0.25, 0.3) is 5.57 Å². The summed E-state index contributed by atoms with van der Waals surface area (Å²) in [6.45, 7) is 9.63. The van der Waals surface area contributed by atoms with Crippen molar-refractivity contribution in [2.24, 2.45) is 5.10 Å². The summed E-state index contributed by atoms with van der Waals surface area (Å²) < 4.78 is 0. The first kappa shape index (κ1) is 20.2. The molecule has 0 radical (unpaired) electrons. The van der Waals surface area contributed by atoms with Gasteiger partial charge in [-0.05, 0) is 69.5 Å². The normalized spacial score (nSPS) is 16.5. The number of nitrogens with zero attached hydrogens (tertiary/aromatic N) is 2. The molecule has 0 saturated carbocycles. The fourth-order valence-electron chi connectivity index (χ4n) is 3.25. The maximum atomic E-state index is 13.1. The molecule has 1 aromatic heterocycles. The minimum Gasteiger partial charge on any atom is -0.267 e. The SMILES string of the molecule is CC(C)=C1C(=O)N(N=Cc2ccc(Cl)cc2)C(=O)/C1=C(/C)c1cc(C)sc1C. The fraction of sp³-hybridized carbons (Fsp3) is 0.227. The average Bonchev–Trinajstić information content (AvgIpc) is 3.10. The van der Waals surface area contributed by atoms with E-state index in [4.69, 9.17) is 11.6 Å². The van der Waals surface area contributed by atoms with Crippen molar-refractivity contribution in [1.29, 1.82) is 0 Å². The van der Waals surface area contributed by atoms with Crippen molar-refractivity contribution in [3.05, 3.63) is 73.0 Å². The number of allylic oxidation sites excluding steroid dienone is 2. The summed E-state index contributed by atoms with van der Waals surface area (Å²) in [6.07, 6.45) is 1.49. The van der Waals surface area contributed by atoms with Gasteiger partial charge in [-0.15, -0.1) is 11.3 Å². The van der Waals surface area contributed by atoms with Crippen molar-refractivity contribution >= 4 is 46.5 Å². The van der Waals surface area contributed by atoms with Crippen LogP contribution < -0.4 is 0 Å². The molecule has 144 valence electrons. The largest absolute Gasteiger partial charge is 0.282 e. The average molecular weight is 413 g/mol. The van der Waals surface area contributed by atoms with Crippen molar-refractivity contribution in [3.8, 4) is 0 Å². The Hall–Kier alpha value is -2.50. The second kappa shape index (κ2) is 7.86. The van der Waals surface area contributed by atoms with Gasteiger partial charge in [-0.25, -0.2) is 0 Å². The number of carbonyl (C=O) groups is 2. The molecule has 28 heavy (non-hydrogen) atoms. The lowest BCUT2D eigenvalue weighted by Crippen LogP contribution is -2.24. The molecule has 2 aromatic rings. The van der Waals surface area contributed by atoms with Gasteiger partial charge in [0.1, 0.15) is 0 Å². The molecular formula is C22H21ClN2O2S. The van der Waals surface area contributed by atoms with Gasteiger partial charge in [0, 0.05) is 14.8 Å². The number of amides is 2. The molecule has 0 bridgehead atoms. The number of carbonyl (C=O) groups excluding carboxylic acids is 2. The number of hydrazone groups is 1. The lowest BCUT2D eigenvalue weighted by atomic mass is 9.95. The fourth-order valence-corrected chi connectivity index (χ4v) is 4.35. The van der Waals surface area contributed by atoms with Gasteiger partial charge in [-0.1, -0.05) is 29.3 Å². The van der Waals surface area contributed by atoms with E-state index in [0.717, 1.165) is 32.2 Å². The number of hydrogen-bond acceptors (Lipinski definition) is 4. The molecule has 1 aliphatic heterocycles. The van der Waals surface area contributed by atoms with Gasteiger partial charge < -0.3 is 0 Å². The third kappa shape index (κ3) is 3.73. The summed E-state index contributed by atoms with van der Waals surface area (Å²) in [7, 11) is 0. The van der Waals surface area contributed by atoms with Crippen LogP contribution in [0.4, 0.5) is 0 Å². The Labute approximate surface area is 173 Å². The maximum absolute atomic E-state index is 13.1. The zero-order chi connectivity index (χ0) is 20.6. The number of thiophene rings is 1. The quantitative estimate of drug-likeness (QED) is 0.378. The van der Waals surface area contributed by atoms with Gasteiger partial charge in [-0.3, -0.25) is 9.59 Å². The summed E-state index contributed by atoms with van der Waals surface area (Å²) in [5, 5.41) is 5.73. The molecule has 0 unspecified atom stereocenters. The van der Waals surface area contributed by atoms with Crippen LogP contribution in [0.1, 0.15) is 41.7 Å². The molecule has 1 fully saturated rings. The molecule has 4 nitrogen and oxygen atoms in total. The van der Waals surface area contributed by atoms with Crippen LogP contribution in [-0.4, -0.2) is 23.0 Å². The van der Waals surface area contributed by atoms with E-state index in [-0.39, 0.29) is 0 Å². The Morgan fingerprint density at radius 3 is 2.18 bits per heavy atom. The molecule has 2 amide bonds. The summed E-state index contributed by atoms with van der Waals surface area (Å²) in [4.78, 5) is 28.4. The van der Waals surface area contributed by atoms with Crippen molar-refractivity contribution in [2.75, 3.05) is 0 Å². The second-order valence-electron chi connectivity index (χ2n) is 6.92. The third-order valence-electron chi connectivity index (χ3n) is 4.57. The van der Waals surface area contributed by atoms with Gasteiger partial charge >= 0.3 is 0 Å². The van der Waals surface area contributed by atoms with Crippen molar-refractivity contribution in [2.45, 2.75) is 34.6 Å². The van der Waals surface area contributed by atoms with Gasteiger partial charge in [0.15, 0.2) is 0 Å². The zero-order valence-corrected chi connectivity index (χ0v) is 18.0. The Balaban J connectivity index is 2.07. The lowest BCUT2D eigenvalue weighted by molar-refractivity contribution is -0.136. The Morgan fingerprint density at radius 2 is 1.64 bits per heavy atom. The van der Waals surface area contributed by atoms with E-state index in [1.807, 2.05) is 34.6 Å². The number of benzene rings is 1. The number of rotatable bonds is 3. The number of hydrogen-bond donors (Lipinski definition) is 0. The molecule has 1 aromatic carbocycles. The monoisotopic (exact) mass is 412 g/mol. The summed E-state index contributed by atoms with van der Waals surface area (Å²) in [6, 6.07) is 9.07. The van der Waals surface area contributed by atoms with E-state index >= 15 is 0 Å². The van der Waals surface area contributed by atoms with Gasteiger partial charge in [0.25, 0.3) is 11.8 Å². The molecule has 6 heteroatoms. The van der Waals surface area contributed by atoms with Crippen LogP contribution in [0.5, 0.6) is 0 Å². The number of imide groups is 1. The van der Waals surface area contributed by atoms with Crippen LogP contribution in [0.2, 0.25) is 5.02 Å². The molecule has 0 N–H and O–H groups in total. The van der Waals surface area contributed by atoms with Crippen LogP contribution in [0.3, 0.4) is 0 Å². The predicted octanol–water partition coefficient (Wildman–Crippen LogP) is 5.53. The van der Waals surface area contributed by atoms with Crippen LogP contribution in [0, 0.1) is 13.8 Å². The topological polar surface area (TPSA) is 49.7 Å². The Bertz CT molecular complexity index is 1050. The summed E-state index contributed by atoms with van der Waals surface area (Å²) in [5.41, 5.74) is 4.21. The van der Waals surface area contributed by atoms with E-state index < -0.39 is 11.8 Å². The van der Waals surface area contributed by atoms with E-state index in [0.29, 0.717) is 16.2 Å². The van der Waals surface area contributed by atoms with Crippen molar-refractivity contribution < 1.29 is 9.59 Å². The number of aryl methyl sites for hydroxylation is 2. The molecule has 2 heterocycles. The lowest BCUT2D eigenvalue weighted by Gasteiger charge is -2.07. The molecule has 0 atom stereocenters. The second-order valence-corrected chi connectivity index (χ2v) is 8.82. The first-order chi connectivity index (χ1) is 13.2. The minimum atomic E-state index is -0.396. The van der Waals surface area contributed by atoms with Gasteiger partial charge in [-0.2, -0.15) is 10.1 Å². The first-order valence-electron chi connectivity index (χ1n) is 8.85. The predicted molar refractivity (Wildman–Crippen MR) is 116 cm³/mol. The molecular weight excluding hydrogens is 392 g/mol. The number of halogens is 1. The minimum absolute atomic E-state index is 0.394. The molecule has 0 aliphatic carbocycles. The van der Waals surface area contributed by atoms with Crippen LogP contribution in [-0.2, 0) is 9.59 Å². The zero-order valence-electron chi connectivity index (χ0n) is 16.5. The maximum Gasteiger partial charge on any atom is 0.282 e. The molecule has 1 saturated heterocycles. The molecule has 0 spiro atoms. The highest BCUT2D eigenvalue weighted by molar-refractivity contribution is 7.12. The highest BCUT2D eigenvalue weighted by atomic mass is 35.5. The standard InChI is InChI=1S/C22H21ClN2O2S/c1-12(2)19-20(14(4)18-10-13(3)28-15(18)5)22(27)25(21(19)26)24-11-16-6-8-17(23)9-7-16/h6-11H,1-5H3/b20-14-,24-11?.